The Balaban J connectivity index is 2.61. The Kier molecular flexibility index (Phi) is 4.49. The minimum atomic E-state index is -0.753. The summed E-state index contributed by atoms with van der Waals surface area (Å²) < 4.78 is 1.76. The van der Waals surface area contributed by atoms with Crippen LogP contribution in [-0.2, 0) is 11.8 Å². The standard InChI is InChI=1S/C11H19N3O2/c1-4-14(6-5-11(15)16)9(2)10-7-12-13(3)8-10/h7-9H,4-6H2,1-3H3,(H,15,16). The first kappa shape index (κ1) is 12.7. The van der Waals surface area contributed by atoms with E-state index < -0.39 is 5.97 Å². The van der Waals surface area contributed by atoms with E-state index in [0.29, 0.717) is 6.54 Å². The molecule has 1 unspecified atom stereocenters. The highest BCUT2D eigenvalue weighted by atomic mass is 16.4. The molecule has 1 aromatic rings. The predicted octanol–water partition coefficient (Wildman–Crippen LogP) is 1.28. The number of carboxylic acid groups (broad SMARTS) is 1. The highest BCUT2D eigenvalue weighted by Crippen LogP contribution is 2.18. The Labute approximate surface area is 95.7 Å². The summed E-state index contributed by atoms with van der Waals surface area (Å²) in [6.45, 7) is 5.52. The average molecular weight is 225 g/mol. The summed E-state index contributed by atoms with van der Waals surface area (Å²) in [5.74, 6) is -0.753. The van der Waals surface area contributed by atoms with Crippen molar-refractivity contribution in [2.24, 2.45) is 7.05 Å². The van der Waals surface area contributed by atoms with Crippen molar-refractivity contribution in [1.29, 1.82) is 0 Å². The van der Waals surface area contributed by atoms with Crippen LogP contribution in [0.2, 0.25) is 0 Å². The lowest BCUT2D eigenvalue weighted by molar-refractivity contribution is -0.137. The molecule has 90 valence electrons. The molecule has 5 nitrogen and oxygen atoms in total. The van der Waals surface area contributed by atoms with Gasteiger partial charge in [0.25, 0.3) is 0 Å². The minimum absolute atomic E-state index is 0.179. The maximum Gasteiger partial charge on any atom is 0.304 e. The molecule has 0 aromatic carbocycles. The number of nitrogens with zero attached hydrogens (tertiary/aromatic N) is 3. The Morgan fingerprint density at radius 1 is 1.69 bits per heavy atom. The SMILES string of the molecule is CCN(CCC(=O)O)C(C)c1cnn(C)c1. The summed E-state index contributed by atoms with van der Waals surface area (Å²) >= 11 is 0. The molecular formula is C11H19N3O2. The van der Waals surface area contributed by atoms with Crippen molar-refractivity contribution in [1.82, 2.24) is 14.7 Å². The molecule has 0 fully saturated rings. The third kappa shape index (κ3) is 3.34. The van der Waals surface area contributed by atoms with Gasteiger partial charge in [0.1, 0.15) is 0 Å². The van der Waals surface area contributed by atoms with E-state index in [9.17, 15) is 4.79 Å². The number of hydrogen-bond donors (Lipinski definition) is 1. The molecule has 0 saturated carbocycles. The molecule has 0 saturated heterocycles. The summed E-state index contributed by atoms with van der Waals surface area (Å²) in [7, 11) is 1.88. The summed E-state index contributed by atoms with van der Waals surface area (Å²) in [5.41, 5.74) is 1.12. The van der Waals surface area contributed by atoms with Gasteiger partial charge in [0.2, 0.25) is 0 Å². The molecule has 0 aliphatic rings. The van der Waals surface area contributed by atoms with Gasteiger partial charge in [0, 0.05) is 31.4 Å². The predicted molar refractivity (Wildman–Crippen MR) is 61.1 cm³/mol. The van der Waals surface area contributed by atoms with Crippen LogP contribution in [0.5, 0.6) is 0 Å². The third-order valence-electron chi connectivity index (χ3n) is 2.77. The highest BCUT2D eigenvalue weighted by Gasteiger charge is 2.16. The molecule has 0 amide bonds. The second kappa shape index (κ2) is 5.65. The van der Waals surface area contributed by atoms with E-state index in [-0.39, 0.29) is 12.5 Å². The van der Waals surface area contributed by atoms with Gasteiger partial charge in [-0.25, -0.2) is 0 Å². The first-order chi connectivity index (χ1) is 7.54. The maximum atomic E-state index is 10.5. The van der Waals surface area contributed by atoms with E-state index >= 15 is 0 Å². The zero-order valence-electron chi connectivity index (χ0n) is 10.1. The molecular weight excluding hydrogens is 206 g/mol. The van der Waals surface area contributed by atoms with Crippen LogP contribution in [0.25, 0.3) is 0 Å². The monoisotopic (exact) mass is 225 g/mol. The lowest BCUT2D eigenvalue weighted by Gasteiger charge is -2.26. The molecule has 0 bridgehead atoms. The zero-order chi connectivity index (χ0) is 12.1. The molecule has 0 spiro atoms. The van der Waals surface area contributed by atoms with E-state index in [2.05, 4.69) is 16.9 Å². The second-order valence-corrected chi connectivity index (χ2v) is 3.90. The Bertz CT molecular complexity index is 349. The number of aromatic nitrogens is 2. The fourth-order valence-corrected chi connectivity index (χ4v) is 1.73. The van der Waals surface area contributed by atoms with E-state index in [1.54, 1.807) is 4.68 Å². The number of carboxylic acids is 1. The number of rotatable bonds is 6. The summed E-state index contributed by atoms with van der Waals surface area (Å²) in [5, 5.41) is 12.8. The largest absolute Gasteiger partial charge is 0.481 e. The fraction of sp³-hybridized carbons (Fsp3) is 0.636. The number of aryl methyl sites for hydroxylation is 1. The van der Waals surface area contributed by atoms with Gasteiger partial charge in [-0.15, -0.1) is 0 Å². The van der Waals surface area contributed by atoms with Crippen molar-refractivity contribution in [2.75, 3.05) is 13.1 Å². The lowest BCUT2D eigenvalue weighted by atomic mass is 10.1. The number of aliphatic carboxylic acids is 1. The molecule has 0 radical (unpaired) electrons. The molecule has 16 heavy (non-hydrogen) atoms. The van der Waals surface area contributed by atoms with Crippen LogP contribution in [0, 0.1) is 0 Å². The normalized spacial score (nSPS) is 13.0. The smallest absolute Gasteiger partial charge is 0.304 e. The van der Waals surface area contributed by atoms with E-state index in [0.717, 1.165) is 12.1 Å². The van der Waals surface area contributed by atoms with E-state index in [4.69, 9.17) is 5.11 Å². The van der Waals surface area contributed by atoms with E-state index in [1.165, 1.54) is 0 Å². The van der Waals surface area contributed by atoms with Gasteiger partial charge >= 0.3 is 5.97 Å². The first-order valence-electron chi connectivity index (χ1n) is 5.49. The topological polar surface area (TPSA) is 58.4 Å². The van der Waals surface area contributed by atoms with Crippen LogP contribution in [0.1, 0.15) is 31.9 Å². The summed E-state index contributed by atoms with van der Waals surface area (Å²) in [6.07, 6.45) is 3.97. The van der Waals surface area contributed by atoms with Crippen molar-refractivity contribution in [3.63, 3.8) is 0 Å². The van der Waals surface area contributed by atoms with Crippen LogP contribution < -0.4 is 0 Å². The molecule has 0 aliphatic carbocycles. The van der Waals surface area contributed by atoms with Crippen LogP contribution in [-0.4, -0.2) is 38.8 Å². The van der Waals surface area contributed by atoms with Gasteiger partial charge in [-0.1, -0.05) is 6.92 Å². The Morgan fingerprint density at radius 2 is 2.38 bits per heavy atom. The van der Waals surface area contributed by atoms with Crippen molar-refractivity contribution in [3.05, 3.63) is 18.0 Å². The van der Waals surface area contributed by atoms with Gasteiger partial charge in [-0.2, -0.15) is 5.10 Å². The fourth-order valence-electron chi connectivity index (χ4n) is 1.73. The van der Waals surface area contributed by atoms with Crippen molar-refractivity contribution in [2.45, 2.75) is 26.3 Å². The van der Waals surface area contributed by atoms with E-state index in [1.807, 2.05) is 26.4 Å². The lowest BCUT2D eigenvalue weighted by Crippen LogP contribution is -2.29. The van der Waals surface area contributed by atoms with Crippen molar-refractivity contribution >= 4 is 5.97 Å². The maximum absolute atomic E-state index is 10.5. The van der Waals surface area contributed by atoms with Gasteiger partial charge in [-0.05, 0) is 13.5 Å². The molecule has 1 heterocycles. The number of hydrogen-bond acceptors (Lipinski definition) is 3. The zero-order valence-corrected chi connectivity index (χ0v) is 10.1. The number of carbonyl (C=O) groups is 1. The second-order valence-electron chi connectivity index (χ2n) is 3.90. The molecule has 1 aromatic heterocycles. The third-order valence-corrected chi connectivity index (χ3v) is 2.77. The Hall–Kier alpha value is -1.36. The Morgan fingerprint density at radius 3 is 2.81 bits per heavy atom. The highest BCUT2D eigenvalue weighted by molar-refractivity contribution is 5.66. The molecule has 0 aliphatic heterocycles. The van der Waals surface area contributed by atoms with Crippen molar-refractivity contribution < 1.29 is 9.90 Å². The van der Waals surface area contributed by atoms with Crippen molar-refractivity contribution in [3.8, 4) is 0 Å². The average Bonchev–Trinajstić information content (AvgIpc) is 2.65. The minimum Gasteiger partial charge on any atom is -0.481 e. The van der Waals surface area contributed by atoms with Gasteiger partial charge in [0.15, 0.2) is 0 Å². The van der Waals surface area contributed by atoms with Gasteiger partial charge < -0.3 is 5.11 Å². The van der Waals surface area contributed by atoms with Gasteiger partial charge in [0.05, 0.1) is 12.6 Å². The van der Waals surface area contributed by atoms with Crippen LogP contribution in [0.3, 0.4) is 0 Å². The molecule has 1 atom stereocenters. The van der Waals surface area contributed by atoms with Gasteiger partial charge in [-0.3, -0.25) is 14.4 Å². The van der Waals surface area contributed by atoms with Crippen LogP contribution in [0.4, 0.5) is 0 Å². The quantitative estimate of drug-likeness (QED) is 0.792. The summed E-state index contributed by atoms with van der Waals surface area (Å²) in [6, 6.07) is 0.207. The van der Waals surface area contributed by atoms with Crippen LogP contribution in [0.15, 0.2) is 12.4 Å². The first-order valence-corrected chi connectivity index (χ1v) is 5.49. The molecule has 1 rings (SSSR count). The summed E-state index contributed by atoms with van der Waals surface area (Å²) in [4.78, 5) is 12.7. The van der Waals surface area contributed by atoms with Crippen LogP contribution >= 0.6 is 0 Å². The molecule has 1 N–H and O–H groups in total. The molecule has 5 heteroatoms.